The van der Waals surface area contributed by atoms with Crippen LogP contribution in [0.5, 0.6) is 0 Å². The van der Waals surface area contributed by atoms with Crippen molar-refractivity contribution in [1.82, 2.24) is 5.32 Å². The smallest absolute Gasteiger partial charge is 0.129 e. The minimum Gasteiger partial charge on any atom is -0.310 e. The summed E-state index contributed by atoms with van der Waals surface area (Å²) >= 11 is 3.55. The summed E-state index contributed by atoms with van der Waals surface area (Å²) < 4.78 is 15.2. The Morgan fingerprint density at radius 1 is 1.30 bits per heavy atom. The van der Waals surface area contributed by atoms with E-state index in [1.54, 1.807) is 12.1 Å². The Labute approximate surface area is 130 Å². The maximum Gasteiger partial charge on any atom is 0.129 e. The van der Waals surface area contributed by atoms with Gasteiger partial charge in [-0.3, -0.25) is 0 Å². The summed E-state index contributed by atoms with van der Waals surface area (Å²) in [6.45, 7) is 5.24. The molecule has 1 aromatic carbocycles. The van der Waals surface area contributed by atoms with Gasteiger partial charge in [0.05, 0.1) is 0 Å². The Kier molecular flexibility index (Phi) is 6.03. The molecule has 2 rings (SSSR count). The normalized spacial score (nSPS) is 24.6. The van der Waals surface area contributed by atoms with E-state index in [1.165, 1.54) is 32.1 Å². The van der Waals surface area contributed by atoms with Crippen molar-refractivity contribution >= 4 is 15.9 Å². The van der Waals surface area contributed by atoms with Crippen LogP contribution in [0.2, 0.25) is 0 Å². The molecular weight excluding hydrogens is 317 g/mol. The van der Waals surface area contributed by atoms with Crippen molar-refractivity contribution in [2.24, 2.45) is 11.8 Å². The fourth-order valence-corrected chi connectivity index (χ4v) is 4.27. The van der Waals surface area contributed by atoms with Gasteiger partial charge in [-0.15, -0.1) is 0 Å². The zero-order valence-electron chi connectivity index (χ0n) is 12.5. The van der Waals surface area contributed by atoms with E-state index in [1.807, 2.05) is 6.07 Å². The predicted molar refractivity (Wildman–Crippen MR) is 86.3 cm³/mol. The first kappa shape index (κ1) is 16.0. The van der Waals surface area contributed by atoms with Gasteiger partial charge in [0.1, 0.15) is 5.82 Å². The molecule has 0 aliphatic heterocycles. The van der Waals surface area contributed by atoms with E-state index < -0.39 is 0 Å². The molecule has 0 radical (unpaired) electrons. The van der Waals surface area contributed by atoms with Crippen molar-refractivity contribution in [3.8, 4) is 0 Å². The van der Waals surface area contributed by atoms with E-state index in [0.29, 0.717) is 11.8 Å². The van der Waals surface area contributed by atoms with Gasteiger partial charge >= 0.3 is 0 Å². The van der Waals surface area contributed by atoms with E-state index in [4.69, 9.17) is 0 Å². The summed E-state index contributed by atoms with van der Waals surface area (Å²) in [5, 5.41) is 3.54. The van der Waals surface area contributed by atoms with Crippen LogP contribution in [-0.2, 0) is 0 Å². The lowest BCUT2D eigenvalue weighted by Gasteiger charge is -2.38. The lowest BCUT2D eigenvalue weighted by Crippen LogP contribution is -2.35. The van der Waals surface area contributed by atoms with Crippen molar-refractivity contribution in [3.05, 3.63) is 34.1 Å². The summed E-state index contributed by atoms with van der Waals surface area (Å²) in [6, 6.07) is 5.42. The van der Waals surface area contributed by atoms with Gasteiger partial charge in [0, 0.05) is 16.1 Å². The Morgan fingerprint density at radius 2 is 2.05 bits per heavy atom. The Bertz CT molecular complexity index is 415. The average molecular weight is 342 g/mol. The lowest BCUT2D eigenvalue weighted by molar-refractivity contribution is 0.174. The first-order valence-electron chi connectivity index (χ1n) is 7.86. The fourth-order valence-electron chi connectivity index (χ4n) is 3.68. The second kappa shape index (κ2) is 7.56. The van der Waals surface area contributed by atoms with Crippen LogP contribution in [0, 0.1) is 17.7 Å². The van der Waals surface area contributed by atoms with E-state index in [-0.39, 0.29) is 11.9 Å². The largest absolute Gasteiger partial charge is 0.310 e. The minimum absolute atomic E-state index is 0.0919. The lowest BCUT2D eigenvalue weighted by atomic mass is 9.72. The van der Waals surface area contributed by atoms with Crippen LogP contribution in [0.4, 0.5) is 4.39 Å². The van der Waals surface area contributed by atoms with Crippen LogP contribution in [-0.4, -0.2) is 6.54 Å². The first-order valence-corrected chi connectivity index (χ1v) is 8.65. The average Bonchev–Trinajstić information content (AvgIpc) is 2.46. The molecular formula is C17H25BrFN. The number of rotatable bonds is 5. The van der Waals surface area contributed by atoms with Gasteiger partial charge in [0.15, 0.2) is 0 Å². The molecule has 20 heavy (non-hydrogen) atoms. The number of halogens is 2. The summed E-state index contributed by atoms with van der Waals surface area (Å²) in [5.74, 6) is 1.16. The van der Waals surface area contributed by atoms with Gasteiger partial charge in [-0.1, -0.05) is 61.5 Å². The number of nitrogens with one attached hydrogen (secondary N) is 1. The summed E-state index contributed by atoms with van der Waals surface area (Å²) in [6.07, 6.45) is 6.28. The molecule has 0 bridgehead atoms. The van der Waals surface area contributed by atoms with E-state index in [0.717, 1.165) is 16.6 Å². The monoisotopic (exact) mass is 341 g/mol. The SMILES string of the molecule is CCNC(c1c(F)cccc1Br)C1CCCCC1CC. The maximum absolute atomic E-state index is 14.3. The van der Waals surface area contributed by atoms with Gasteiger partial charge in [-0.25, -0.2) is 4.39 Å². The molecule has 3 heteroatoms. The zero-order chi connectivity index (χ0) is 14.5. The third kappa shape index (κ3) is 3.43. The van der Waals surface area contributed by atoms with Crippen molar-refractivity contribution in [1.29, 1.82) is 0 Å². The van der Waals surface area contributed by atoms with Crippen LogP contribution in [0.1, 0.15) is 57.6 Å². The molecule has 3 unspecified atom stereocenters. The molecule has 1 nitrogen and oxygen atoms in total. The number of hydrogen-bond acceptors (Lipinski definition) is 1. The molecule has 1 N–H and O–H groups in total. The summed E-state index contributed by atoms with van der Waals surface area (Å²) in [7, 11) is 0. The van der Waals surface area contributed by atoms with Crippen molar-refractivity contribution < 1.29 is 4.39 Å². The molecule has 112 valence electrons. The van der Waals surface area contributed by atoms with Crippen LogP contribution < -0.4 is 5.32 Å². The maximum atomic E-state index is 14.3. The molecule has 1 fully saturated rings. The highest BCUT2D eigenvalue weighted by molar-refractivity contribution is 9.10. The molecule has 1 aromatic rings. The Hall–Kier alpha value is -0.410. The molecule has 0 aromatic heterocycles. The fraction of sp³-hybridized carbons (Fsp3) is 0.647. The van der Waals surface area contributed by atoms with E-state index in [9.17, 15) is 4.39 Å². The highest BCUT2D eigenvalue weighted by Gasteiger charge is 2.33. The zero-order valence-corrected chi connectivity index (χ0v) is 14.0. The number of benzene rings is 1. The van der Waals surface area contributed by atoms with Crippen LogP contribution in [0.25, 0.3) is 0 Å². The third-order valence-corrected chi connectivity index (χ3v) is 5.35. The molecule has 0 heterocycles. The van der Waals surface area contributed by atoms with E-state index in [2.05, 4.69) is 35.1 Å². The molecule has 1 saturated carbocycles. The topological polar surface area (TPSA) is 12.0 Å². The highest BCUT2D eigenvalue weighted by Crippen LogP contribution is 2.42. The Morgan fingerprint density at radius 3 is 2.70 bits per heavy atom. The third-order valence-electron chi connectivity index (χ3n) is 4.66. The number of hydrogen-bond donors (Lipinski definition) is 1. The van der Waals surface area contributed by atoms with Crippen molar-refractivity contribution in [2.45, 2.75) is 52.0 Å². The van der Waals surface area contributed by atoms with Gasteiger partial charge in [-0.05, 0) is 36.9 Å². The molecule has 0 saturated heterocycles. The van der Waals surface area contributed by atoms with Crippen molar-refractivity contribution in [2.75, 3.05) is 6.54 Å². The van der Waals surface area contributed by atoms with Crippen LogP contribution in [0.15, 0.2) is 22.7 Å². The molecule has 0 spiro atoms. The molecule has 0 amide bonds. The van der Waals surface area contributed by atoms with Crippen molar-refractivity contribution in [3.63, 3.8) is 0 Å². The van der Waals surface area contributed by atoms with Crippen LogP contribution >= 0.6 is 15.9 Å². The van der Waals surface area contributed by atoms with E-state index >= 15 is 0 Å². The summed E-state index contributed by atoms with van der Waals surface area (Å²) in [4.78, 5) is 0. The standard InChI is InChI=1S/C17H25BrFN/c1-3-12-8-5-6-9-13(12)17(20-4-2)16-14(18)10-7-11-15(16)19/h7,10-13,17,20H,3-6,8-9H2,1-2H3. The summed E-state index contributed by atoms with van der Waals surface area (Å²) in [5.41, 5.74) is 0.819. The second-order valence-corrected chi connectivity index (χ2v) is 6.64. The molecule has 3 atom stereocenters. The van der Waals surface area contributed by atoms with Gasteiger partial charge in [-0.2, -0.15) is 0 Å². The minimum atomic E-state index is -0.0919. The first-order chi connectivity index (χ1) is 9.69. The Balaban J connectivity index is 2.34. The van der Waals surface area contributed by atoms with Gasteiger partial charge in [0.25, 0.3) is 0 Å². The van der Waals surface area contributed by atoms with Gasteiger partial charge in [0.2, 0.25) is 0 Å². The molecule has 1 aliphatic rings. The quantitative estimate of drug-likeness (QED) is 0.750. The van der Waals surface area contributed by atoms with Crippen LogP contribution in [0.3, 0.4) is 0 Å². The second-order valence-electron chi connectivity index (χ2n) is 5.79. The highest BCUT2D eigenvalue weighted by atomic mass is 79.9. The predicted octanol–water partition coefficient (Wildman–Crippen LogP) is 5.46. The molecule has 1 aliphatic carbocycles. The van der Waals surface area contributed by atoms with Gasteiger partial charge < -0.3 is 5.32 Å².